The van der Waals surface area contributed by atoms with Gasteiger partial charge in [-0.2, -0.15) is 0 Å². The number of hydrogen-bond donors (Lipinski definition) is 0. The van der Waals surface area contributed by atoms with E-state index >= 15 is 0 Å². The number of sulfone groups is 1. The first-order valence-corrected chi connectivity index (χ1v) is 4.62. The second-order valence-electron chi connectivity index (χ2n) is 2.20. The highest BCUT2D eigenvalue weighted by Crippen LogP contribution is 2.25. The Morgan fingerprint density at radius 3 is 3.00 bits per heavy atom. The fourth-order valence-corrected chi connectivity index (χ4v) is 1.97. The molecule has 0 radical (unpaired) electrons. The Morgan fingerprint density at radius 1 is 1.45 bits per heavy atom. The van der Waals surface area contributed by atoms with Gasteiger partial charge in [0.05, 0.1) is 10.8 Å². The summed E-state index contributed by atoms with van der Waals surface area (Å²) in [5.41, 5.74) is 0.399. The summed E-state index contributed by atoms with van der Waals surface area (Å²) in [6, 6.07) is 0. The second-order valence-corrected chi connectivity index (χ2v) is 3.85. The molecule has 0 saturated heterocycles. The van der Waals surface area contributed by atoms with Gasteiger partial charge >= 0.3 is 0 Å². The molecule has 0 aromatic heterocycles. The van der Waals surface area contributed by atoms with E-state index in [1.165, 1.54) is 6.21 Å². The molecule has 0 saturated carbocycles. The van der Waals surface area contributed by atoms with E-state index in [2.05, 4.69) is 4.99 Å². The lowest BCUT2D eigenvalue weighted by molar-refractivity contribution is 0.265. The molecule has 0 amide bonds. The van der Waals surface area contributed by atoms with Crippen LogP contribution in [0, 0.1) is 0 Å². The first kappa shape index (κ1) is 6.60. The summed E-state index contributed by atoms with van der Waals surface area (Å²) in [7, 11) is -3.19. The summed E-state index contributed by atoms with van der Waals surface area (Å²) in [5.74, 6) is 0.354. The summed E-state index contributed by atoms with van der Waals surface area (Å²) < 4.78 is 26.8. The van der Waals surface area contributed by atoms with Gasteiger partial charge in [-0.1, -0.05) is 0 Å². The Morgan fingerprint density at radius 2 is 2.27 bits per heavy atom. The third-order valence-electron chi connectivity index (χ3n) is 1.34. The molecule has 2 aliphatic rings. The van der Waals surface area contributed by atoms with Crippen LogP contribution >= 0.6 is 0 Å². The number of nitrogens with zero attached hydrogens (tertiary/aromatic N) is 1. The first-order valence-electron chi connectivity index (χ1n) is 3.01. The van der Waals surface area contributed by atoms with Gasteiger partial charge in [0.25, 0.3) is 0 Å². The van der Waals surface area contributed by atoms with Gasteiger partial charge < -0.3 is 4.74 Å². The molecule has 11 heavy (non-hydrogen) atoms. The van der Waals surface area contributed by atoms with Crippen molar-refractivity contribution in [2.75, 3.05) is 6.61 Å². The van der Waals surface area contributed by atoms with Crippen LogP contribution in [0.5, 0.6) is 0 Å². The van der Waals surface area contributed by atoms with Crippen molar-refractivity contribution in [3.05, 3.63) is 22.3 Å². The van der Waals surface area contributed by atoms with Crippen molar-refractivity contribution in [3.8, 4) is 0 Å². The zero-order chi connectivity index (χ0) is 7.90. The lowest BCUT2D eigenvalue weighted by Gasteiger charge is -2.08. The molecule has 0 aromatic rings. The summed E-state index contributed by atoms with van der Waals surface area (Å²) in [6.07, 6.45) is 1.53. The minimum atomic E-state index is -3.19. The predicted molar refractivity (Wildman–Crippen MR) is 39.5 cm³/mol. The Bertz CT molecular complexity index is 375. The maximum absolute atomic E-state index is 10.9. The average molecular weight is 171 g/mol. The molecule has 0 atom stereocenters. The molecular weight excluding hydrogens is 166 g/mol. The zero-order valence-corrected chi connectivity index (χ0v) is 6.34. The lowest BCUT2D eigenvalue weighted by Crippen LogP contribution is -2.02. The standard InChI is InChI=1S/C6H5NO3S/c8-11(9)3-5-6(4-11)10-2-1-7-5/h1,3-4H,2H2. The minimum absolute atomic E-state index is 0.346. The Kier molecular flexibility index (Phi) is 1.17. The van der Waals surface area contributed by atoms with Crippen LogP contribution in [0.3, 0.4) is 0 Å². The maximum Gasteiger partial charge on any atom is 0.199 e. The van der Waals surface area contributed by atoms with Gasteiger partial charge in [0.2, 0.25) is 0 Å². The molecule has 2 heterocycles. The Balaban J connectivity index is 2.58. The average Bonchev–Trinajstić information content (AvgIpc) is 2.21. The van der Waals surface area contributed by atoms with E-state index in [0.29, 0.717) is 18.1 Å². The quantitative estimate of drug-likeness (QED) is 0.523. The number of aliphatic imine (C=N–C) groups is 1. The van der Waals surface area contributed by atoms with Gasteiger partial charge in [-0.05, 0) is 0 Å². The minimum Gasteiger partial charge on any atom is -0.485 e. The highest BCUT2D eigenvalue weighted by molar-refractivity contribution is 7.97. The molecule has 58 valence electrons. The second kappa shape index (κ2) is 1.94. The van der Waals surface area contributed by atoms with E-state index in [9.17, 15) is 8.42 Å². The molecule has 5 heteroatoms. The van der Waals surface area contributed by atoms with E-state index in [4.69, 9.17) is 4.74 Å². The van der Waals surface area contributed by atoms with E-state index in [1.807, 2.05) is 0 Å². The molecule has 2 aliphatic heterocycles. The topological polar surface area (TPSA) is 55.7 Å². The van der Waals surface area contributed by atoms with Gasteiger partial charge in [0.15, 0.2) is 15.6 Å². The summed E-state index contributed by atoms with van der Waals surface area (Å²) >= 11 is 0. The fourth-order valence-electron chi connectivity index (χ4n) is 0.922. The maximum atomic E-state index is 10.9. The SMILES string of the molecule is O=S1(=O)C=C2N=CCOC2=C1. The van der Waals surface area contributed by atoms with Crippen molar-refractivity contribution in [2.24, 2.45) is 4.99 Å². The normalized spacial score (nSPS) is 25.1. The number of ether oxygens (including phenoxy) is 1. The fraction of sp³-hybridized carbons (Fsp3) is 0.167. The van der Waals surface area contributed by atoms with Crippen LogP contribution in [-0.4, -0.2) is 21.2 Å². The van der Waals surface area contributed by atoms with Crippen LogP contribution in [0.1, 0.15) is 0 Å². The van der Waals surface area contributed by atoms with E-state index in [1.54, 1.807) is 0 Å². The highest BCUT2D eigenvalue weighted by Gasteiger charge is 2.22. The molecule has 0 aromatic carbocycles. The van der Waals surface area contributed by atoms with Crippen LogP contribution in [-0.2, 0) is 14.6 Å². The zero-order valence-electron chi connectivity index (χ0n) is 5.52. The summed E-state index contributed by atoms with van der Waals surface area (Å²) in [5, 5.41) is 2.18. The van der Waals surface area contributed by atoms with Crippen LogP contribution in [0.2, 0.25) is 0 Å². The van der Waals surface area contributed by atoms with Gasteiger partial charge in [-0.3, -0.25) is 4.99 Å². The van der Waals surface area contributed by atoms with Crippen molar-refractivity contribution in [2.45, 2.75) is 0 Å². The van der Waals surface area contributed by atoms with E-state index in [-0.39, 0.29) is 0 Å². The van der Waals surface area contributed by atoms with Crippen LogP contribution < -0.4 is 0 Å². The molecule has 0 fully saturated rings. The Labute approximate surface area is 63.8 Å². The largest absolute Gasteiger partial charge is 0.485 e. The summed E-state index contributed by atoms with van der Waals surface area (Å²) in [6.45, 7) is 0.346. The van der Waals surface area contributed by atoms with Crippen molar-refractivity contribution in [1.82, 2.24) is 0 Å². The van der Waals surface area contributed by atoms with Crippen molar-refractivity contribution in [1.29, 1.82) is 0 Å². The molecule has 0 N–H and O–H groups in total. The number of fused-ring (bicyclic) bond motifs is 1. The Hall–Kier alpha value is -1.10. The highest BCUT2D eigenvalue weighted by atomic mass is 32.2. The molecule has 0 aliphatic carbocycles. The molecule has 0 bridgehead atoms. The molecule has 0 unspecified atom stereocenters. The van der Waals surface area contributed by atoms with Gasteiger partial charge in [0, 0.05) is 6.21 Å². The van der Waals surface area contributed by atoms with Gasteiger partial charge in [0.1, 0.15) is 12.3 Å². The van der Waals surface area contributed by atoms with E-state index in [0.717, 1.165) is 10.8 Å². The van der Waals surface area contributed by atoms with Crippen molar-refractivity contribution >= 4 is 16.1 Å². The van der Waals surface area contributed by atoms with Crippen LogP contribution in [0.4, 0.5) is 0 Å². The van der Waals surface area contributed by atoms with E-state index < -0.39 is 9.84 Å². The van der Waals surface area contributed by atoms with Crippen LogP contribution in [0.15, 0.2) is 27.3 Å². The third kappa shape index (κ3) is 1.07. The predicted octanol–water partition coefficient (Wildman–Crippen LogP) is 0.199. The molecule has 0 spiro atoms. The third-order valence-corrected chi connectivity index (χ3v) is 2.44. The van der Waals surface area contributed by atoms with Crippen molar-refractivity contribution in [3.63, 3.8) is 0 Å². The smallest absolute Gasteiger partial charge is 0.199 e. The molecule has 4 nitrogen and oxygen atoms in total. The molecule has 2 rings (SSSR count). The number of hydrogen-bond acceptors (Lipinski definition) is 4. The van der Waals surface area contributed by atoms with Gasteiger partial charge in [-0.25, -0.2) is 8.42 Å². The van der Waals surface area contributed by atoms with Crippen molar-refractivity contribution < 1.29 is 13.2 Å². The van der Waals surface area contributed by atoms with Gasteiger partial charge in [-0.15, -0.1) is 0 Å². The monoisotopic (exact) mass is 171 g/mol. The lowest BCUT2D eigenvalue weighted by atomic mass is 10.4. The number of rotatable bonds is 0. The van der Waals surface area contributed by atoms with Crippen LogP contribution in [0.25, 0.3) is 0 Å². The first-order chi connectivity index (χ1) is 5.17. The summed E-state index contributed by atoms with van der Waals surface area (Å²) in [4.78, 5) is 3.85. The molecular formula is C6H5NO3S.